The first-order chi connectivity index (χ1) is 10.7. The Hall–Kier alpha value is -1.69. The van der Waals surface area contributed by atoms with Crippen molar-refractivity contribution in [3.8, 4) is 0 Å². The molecule has 3 heterocycles. The second-order valence-corrected chi connectivity index (χ2v) is 7.45. The van der Waals surface area contributed by atoms with Gasteiger partial charge >= 0.3 is 0 Å². The molecule has 2 fully saturated rings. The Morgan fingerprint density at radius 1 is 1.23 bits per heavy atom. The van der Waals surface area contributed by atoms with Gasteiger partial charge in [0.2, 0.25) is 5.91 Å². The van der Waals surface area contributed by atoms with Gasteiger partial charge in [0.05, 0.1) is 5.39 Å². The Kier molecular flexibility index (Phi) is 3.48. The Bertz CT molecular complexity index is 709. The predicted molar refractivity (Wildman–Crippen MR) is 88.3 cm³/mol. The summed E-state index contributed by atoms with van der Waals surface area (Å²) in [4.78, 5) is 27.8. The molecule has 22 heavy (non-hydrogen) atoms. The van der Waals surface area contributed by atoms with Gasteiger partial charge < -0.3 is 9.80 Å². The van der Waals surface area contributed by atoms with E-state index in [9.17, 15) is 4.79 Å². The van der Waals surface area contributed by atoms with Crippen molar-refractivity contribution in [1.82, 2.24) is 14.9 Å². The average molecular weight is 316 g/mol. The van der Waals surface area contributed by atoms with Crippen LogP contribution in [0.1, 0.15) is 24.1 Å². The van der Waals surface area contributed by atoms with Crippen LogP contribution >= 0.6 is 11.3 Å². The number of carbonyl (C=O) groups excluding carboxylic acids is 1. The molecular formula is C16H20N4OS. The van der Waals surface area contributed by atoms with Crippen molar-refractivity contribution in [3.05, 3.63) is 17.3 Å². The minimum atomic E-state index is 0.317. The third-order valence-corrected chi connectivity index (χ3v) is 5.42. The number of aryl methyl sites for hydroxylation is 1. The minimum Gasteiger partial charge on any atom is -0.354 e. The van der Waals surface area contributed by atoms with Gasteiger partial charge in [-0.25, -0.2) is 9.97 Å². The van der Waals surface area contributed by atoms with E-state index in [4.69, 9.17) is 0 Å². The summed E-state index contributed by atoms with van der Waals surface area (Å²) >= 11 is 1.71. The fraction of sp³-hybridized carbons (Fsp3) is 0.562. The summed E-state index contributed by atoms with van der Waals surface area (Å²) < 4.78 is 0. The molecule has 1 saturated heterocycles. The number of rotatable bonds is 2. The number of aromatic nitrogens is 2. The van der Waals surface area contributed by atoms with Crippen LogP contribution in [0.5, 0.6) is 0 Å². The molecular weight excluding hydrogens is 296 g/mol. The molecule has 0 bridgehead atoms. The predicted octanol–water partition coefficient (Wildman–Crippen LogP) is 2.45. The number of thiophene rings is 1. The van der Waals surface area contributed by atoms with Crippen LogP contribution in [0.15, 0.2) is 12.4 Å². The smallest absolute Gasteiger partial charge is 0.225 e. The van der Waals surface area contributed by atoms with Gasteiger partial charge in [-0.3, -0.25) is 4.79 Å². The van der Waals surface area contributed by atoms with Gasteiger partial charge in [-0.2, -0.15) is 0 Å². The molecule has 1 saturated carbocycles. The van der Waals surface area contributed by atoms with Gasteiger partial charge in [0.1, 0.15) is 17.0 Å². The molecule has 0 aromatic carbocycles. The molecule has 4 rings (SSSR count). The van der Waals surface area contributed by atoms with E-state index in [1.165, 1.54) is 4.88 Å². The molecule has 1 aliphatic heterocycles. The lowest BCUT2D eigenvalue weighted by Gasteiger charge is -2.23. The highest BCUT2D eigenvalue weighted by atomic mass is 32.1. The highest BCUT2D eigenvalue weighted by molar-refractivity contribution is 7.18. The standard InChI is InChI=1S/C16H20N4OS/c1-11-9-13-14(17-10-18-15(13)22-11)19-5-2-6-20(8-7-19)16(21)12-3-4-12/h9-10,12H,2-8H2,1H3. The molecule has 2 aromatic heterocycles. The number of nitrogens with zero attached hydrogens (tertiary/aromatic N) is 4. The average Bonchev–Trinajstić information content (AvgIpc) is 3.30. The van der Waals surface area contributed by atoms with E-state index in [-0.39, 0.29) is 0 Å². The molecule has 0 spiro atoms. The number of hydrogen-bond donors (Lipinski definition) is 0. The van der Waals surface area contributed by atoms with Crippen LogP contribution < -0.4 is 4.90 Å². The molecule has 1 amide bonds. The van der Waals surface area contributed by atoms with Crippen molar-refractivity contribution in [3.63, 3.8) is 0 Å². The van der Waals surface area contributed by atoms with Crippen LogP contribution in [-0.4, -0.2) is 47.0 Å². The van der Waals surface area contributed by atoms with E-state index in [0.29, 0.717) is 11.8 Å². The molecule has 6 heteroatoms. The number of anilines is 1. The molecule has 116 valence electrons. The molecule has 0 N–H and O–H groups in total. The Morgan fingerprint density at radius 2 is 2.09 bits per heavy atom. The fourth-order valence-corrected chi connectivity index (χ4v) is 4.00. The summed E-state index contributed by atoms with van der Waals surface area (Å²) in [5.74, 6) is 1.70. The summed E-state index contributed by atoms with van der Waals surface area (Å²) in [6, 6.07) is 2.17. The number of fused-ring (bicyclic) bond motifs is 1. The molecule has 0 atom stereocenters. The zero-order valence-corrected chi connectivity index (χ0v) is 13.6. The van der Waals surface area contributed by atoms with Gasteiger partial charge in [0, 0.05) is 37.0 Å². The van der Waals surface area contributed by atoms with Crippen molar-refractivity contribution < 1.29 is 4.79 Å². The van der Waals surface area contributed by atoms with Crippen molar-refractivity contribution in [1.29, 1.82) is 0 Å². The maximum atomic E-state index is 12.3. The monoisotopic (exact) mass is 316 g/mol. The summed E-state index contributed by atoms with van der Waals surface area (Å²) in [7, 11) is 0. The third kappa shape index (κ3) is 2.56. The topological polar surface area (TPSA) is 49.3 Å². The molecule has 1 aliphatic carbocycles. The molecule has 0 radical (unpaired) electrons. The highest BCUT2D eigenvalue weighted by Gasteiger charge is 2.34. The van der Waals surface area contributed by atoms with Crippen molar-refractivity contribution in [2.75, 3.05) is 31.1 Å². The largest absolute Gasteiger partial charge is 0.354 e. The normalized spacial score (nSPS) is 19.5. The highest BCUT2D eigenvalue weighted by Crippen LogP contribution is 2.32. The Labute approximate surface area is 134 Å². The first-order valence-electron chi connectivity index (χ1n) is 7.97. The van der Waals surface area contributed by atoms with E-state index < -0.39 is 0 Å². The lowest BCUT2D eigenvalue weighted by Crippen LogP contribution is -2.36. The molecule has 2 aromatic rings. The second kappa shape index (κ2) is 5.50. The fourth-order valence-electron chi connectivity index (χ4n) is 3.15. The van der Waals surface area contributed by atoms with E-state index in [2.05, 4.69) is 32.8 Å². The summed E-state index contributed by atoms with van der Waals surface area (Å²) in [6.45, 7) is 5.61. The van der Waals surface area contributed by atoms with Gasteiger partial charge in [0.15, 0.2) is 0 Å². The molecule has 5 nitrogen and oxygen atoms in total. The van der Waals surface area contributed by atoms with Crippen molar-refractivity contribution >= 4 is 33.3 Å². The van der Waals surface area contributed by atoms with E-state index >= 15 is 0 Å². The lowest BCUT2D eigenvalue weighted by molar-refractivity contribution is -0.132. The maximum Gasteiger partial charge on any atom is 0.225 e. The lowest BCUT2D eigenvalue weighted by atomic mass is 10.3. The van der Waals surface area contributed by atoms with Crippen LogP contribution in [0.3, 0.4) is 0 Å². The molecule has 2 aliphatic rings. The number of carbonyl (C=O) groups is 1. The van der Waals surface area contributed by atoms with Gasteiger partial charge in [-0.15, -0.1) is 11.3 Å². The van der Waals surface area contributed by atoms with Crippen LogP contribution in [-0.2, 0) is 4.79 Å². The van der Waals surface area contributed by atoms with Crippen LogP contribution in [0, 0.1) is 12.8 Å². The van der Waals surface area contributed by atoms with E-state index in [1.54, 1.807) is 17.7 Å². The first-order valence-corrected chi connectivity index (χ1v) is 8.79. The Morgan fingerprint density at radius 3 is 2.91 bits per heavy atom. The quantitative estimate of drug-likeness (QED) is 0.854. The summed E-state index contributed by atoms with van der Waals surface area (Å²) in [5.41, 5.74) is 0. The number of amides is 1. The van der Waals surface area contributed by atoms with Crippen LogP contribution in [0.4, 0.5) is 5.82 Å². The van der Waals surface area contributed by atoms with Crippen molar-refractivity contribution in [2.45, 2.75) is 26.2 Å². The zero-order valence-electron chi connectivity index (χ0n) is 12.8. The van der Waals surface area contributed by atoms with Crippen molar-refractivity contribution in [2.24, 2.45) is 5.92 Å². The molecule has 0 unspecified atom stereocenters. The third-order valence-electron chi connectivity index (χ3n) is 4.47. The van der Waals surface area contributed by atoms with E-state index in [0.717, 1.165) is 61.5 Å². The van der Waals surface area contributed by atoms with Crippen LogP contribution in [0.25, 0.3) is 10.2 Å². The van der Waals surface area contributed by atoms with Crippen LogP contribution in [0.2, 0.25) is 0 Å². The summed E-state index contributed by atoms with van der Waals surface area (Å²) in [6.07, 6.45) is 4.83. The SMILES string of the molecule is Cc1cc2c(N3CCCN(C(=O)C4CC4)CC3)ncnc2s1. The first kappa shape index (κ1) is 13.9. The van der Waals surface area contributed by atoms with Gasteiger partial charge in [0.25, 0.3) is 0 Å². The van der Waals surface area contributed by atoms with E-state index in [1.807, 2.05) is 0 Å². The van der Waals surface area contributed by atoms with Gasteiger partial charge in [-0.1, -0.05) is 0 Å². The van der Waals surface area contributed by atoms with Gasteiger partial charge in [-0.05, 0) is 32.3 Å². The maximum absolute atomic E-state index is 12.3. The second-order valence-electron chi connectivity index (χ2n) is 6.21. The Balaban J connectivity index is 1.56. The number of hydrogen-bond acceptors (Lipinski definition) is 5. The minimum absolute atomic E-state index is 0.317. The summed E-state index contributed by atoms with van der Waals surface area (Å²) in [5, 5.41) is 1.15. The zero-order chi connectivity index (χ0) is 15.1.